The van der Waals surface area contributed by atoms with Crippen LogP contribution in [0.2, 0.25) is 0 Å². The van der Waals surface area contributed by atoms with Gasteiger partial charge in [-0.1, -0.05) is 6.07 Å². The Morgan fingerprint density at radius 2 is 1.96 bits per heavy atom. The van der Waals surface area contributed by atoms with Crippen molar-refractivity contribution < 1.29 is 5.11 Å². The molecule has 5 heteroatoms. The van der Waals surface area contributed by atoms with E-state index >= 15 is 0 Å². The maximum Gasteiger partial charge on any atom is 0.0454 e. The number of likely N-dealkylation sites (N-methyl/N-ethyl adjacent to an activating group) is 1. The number of fused-ring (bicyclic) bond motifs is 1. The van der Waals surface area contributed by atoms with Gasteiger partial charge in [0.1, 0.15) is 0 Å². The van der Waals surface area contributed by atoms with Crippen molar-refractivity contribution in [3.8, 4) is 0 Å². The largest absolute Gasteiger partial charge is 0.396 e. The highest BCUT2D eigenvalue weighted by Crippen LogP contribution is 2.28. The van der Waals surface area contributed by atoms with Gasteiger partial charge in [0.2, 0.25) is 0 Å². The number of H-pyrrole nitrogens is 1. The second-order valence-electron chi connectivity index (χ2n) is 8.46. The molecular weight excluding hydrogens is 336 g/mol. The molecule has 4 rings (SSSR count). The number of piperazine rings is 1. The average molecular weight is 371 g/mol. The van der Waals surface area contributed by atoms with Crippen LogP contribution in [0, 0.1) is 5.92 Å². The summed E-state index contributed by atoms with van der Waals surface area (Å²) < 4.78 is 0. The number of aromatic amines is 1. The zero-order valence-corrected chi connectivity index (χ0v) is 16.6. The summed E-state index contributed by atoms with van der Waals surface area (Å²) in [6, 6.07) is 9.62. The Bertz CT molecular complexity index is 722. The highest BCUT2D eigenvalue weighted by molar-refractivity contribution is 5.79. The van der Waals surface area contributed by atoms with Crippen molar-refractivity contribution in [2.45, 2.75) is 31.8 Å². The number of rotatable bonds is 6. The Morgan fingerprint density at radius 3 is 2.78 bits per heavy atom. The molecule has 0 spiro atoms. The first-order valence-electron chi connectivity index (χ1n) is 10.5. The van der Waals surface area contributed by atoms with Gasteiger partial charge in [-0.3, -0.25) is 9.80 Å². The molecule has 0 unspecified atom stereocenters. The lowest BCUT2D eigenvalue weighted by atomic mass is 9.86. The third kappa shape index (κ3) is 4.54. The van der Waals surface area contributed by atoms with Crippen molar-refractivity contribution in [1.29, 1.82) is 0 Å². The Labute approximate surface area is 162 Å². The van der Waals surface area contributed by atoms with Gasteiger partial charge in [0.25, 0.3) is 0 Å². The summed E-state index contributed by atoms with van der Waals surface area (Å²) in [4.78, 5) is 11.1. The third-order valence-corrected chi connectivity index (χ3v) is 6.54. The van der Waals surface area contributed by atoms with Crippen molar-refractivity contribution in [3.63, 3.8) is 0 Å². The summed E-state index contributed by atoms with van der Waals surface area (Å²) >= 11 is 0. The standard InChI is InChI=1S/C22H34N4O/c1-24-10-12-26(13-11-24)22-7-9-25(17-20(22)3-2-14-27)16-18-4-5-21-19(15-18)6-8-23-21/h4-6,8,15,20,22-23,27H,2-3,7,9-14,16-17H2,1H3/t20-,22+/m0/s1. The number of aliphatic hydroxyl groups excluding tert-OH is 1. The van der Waals surface area contributed by atoms with Gasteiger partial charge in [0.15, 0.2) is 0 Å². The van der Waals surface area contributed by atoms with E-state index in [-0.39, 0.29) is 0 Å². The molecule has 2 saturated heterocycles. The monoisotopic (exact) mass is 370 g/mol. The number of benzene rings is 1. The molecule has 3 heterocycles. The molecule has 2 fully saturated rings. The van der Waals surface area contributed by atoms with E-state index in [9.17, 15) is 5.11 Å². The van der Waals surface area contributed by atoms with Crippen LogP contribution < -0.4 is 0 Å². The average Bonchev–Trinajstić information content (AvgIpc) is 3.15. The van der Waals surface area contributed by atoms with Gasteiger partial charge >= 0.3 is 0 Å². The quantitative estimate of drug-likeness (QED) is 0.820. The van der Waals surface area contributed by atoms with E-state index in [2.05, 4.69) is 51.0 Å². The van der Waals surface area contributed by atoms with Crippen LogP contribution in [0.25, 0.3) is 10.9 Å². The Morgan fingerprint density at radius 1 is 1.11 bits per heavy atom. The van der Waals surface area contributed by atoms with Crippen LogP contribution in [0.3, 0.4) is 0 Å². The summed E-state index contributed by atoms with van der Waals surface area (Å²) in [6.45, 7) is 8.44. The van der Waals surface area contributed by atoms with Crippen LogP contribution in [0.4, 0.5) is 0 Å². The first-order chi connectivity index (χ1) is 13.2. The van der Waals surface area contributed by atoms with Gasteiger partial charge in [0, 0.05) is 63.6 Å². The highest BCUT2D eigenvalue weighted by atomic mass is 16.2. The van der Waals surface area contributed by atoms with E-state index in [1.54, 1.807) is 0 Å². The SMILES string of the molecule is CN1CCN([C@@H]2CCN(Cc3ccc4[nH]ccc4c3)C[C@@H]2CCCO)CC1. The van der Waals surface area contributed by atoms with Crippen LogP contribution in [-0.4, -0.2) is 83.8 Å². The predicted molar refractivity (Wildman–Crippen MR) is 111 cm³/mol. The number of piperidine rings is 1. The van der Waals surface area contributed by atoms with Gasteiger partial charge in [-0.25, -0.2) is 0 Å². The first kappa shape index (κ1) is 18.9. The van der Waals surface area contributed by atoms with Gasteiger partial charge in [-0.15, -0.1) is 0 Å². The zero-order valence-electron chi connectivity index (χ0n) is 16.6. The number of hydrogen-bond acceptors (Lipinski definition) is 4. The maximum atomic E-state index is 9.37. The van der Waals surface area contributed by atoms with Gasteiger partial charge in [-0.2, -0.15) is 0 Å². The van der Waals surface area contributed by atoms with Crippen molar-refractivity contribution >= 4 is 10.9 Å². The first-order valence-corrected chi connectivity index (χ1v) is 10.5. The lowest BCUT2D eigenvalue weighted by molar-refractivity contribution is 0.0212. The minimum Gasteiger partial charge on any atom is -0.396 e. The fraction of sp³-hybridized carbons (Fsp3) is 0.636. The van der Waals surface area contributed by atoms with Crippen molar-refractivity contribution in [3.05, 3.63) is 36.0 Å². The van der Waals surface area contributed by atoms with Crippen LogP contribution in [0.15, 0.2) is 30.5 Å². The van der Waals surface area contributed by atoms with E-state index in [0.29, 0.717) is 18.6 Å². The molecule has 2 aliphatic rings. The second-order valence-corrected chi connectivity index (χ2v) is 8.46. The lowest BCUT2D eigenvalue weighted by Crippen LogP contribution is -2.56. The number of aliphatic hydroxyl groups is 1. The molecule has 27 heavy (non-hydrogen) atoms. The van der Waals surface area contributed by atoms with Gasteiger partial charge in [0.05, 0.1) is 0 Å². The summed E-state index contributed by atoms with van der Waals surface area (Å²) in [5.74, 6) is 0.672. The summed E-state index contributed by atoms with van der Waals surface area (Å²) in [7, 11) is 2.23. The Balaban J connectivity index is 1.40. The molecule has 0 bridgehead atoms. The van der Waals surface area contributed by atoms with Crippen LogP contribution in [-0.2, 0) is 6.54 Å². The molecule has 148 valence electrons. The van der Waals surface area contributed by atoms with Gasteiger partial charge in [-0.05, 0) is 67.9 Å². The molecule has 2 aromatic rings. The molecule has 1 aromatic heterocycles. The van der Waals surface area contributed by atoms with Crippen molar-refractivity contribution in [2.75, 3.05) is 52.9 Å². The number of nitrogens with one attached hydrogen (secondary N) is 1. The van der Waals surface area contributed by atoms with Crippen LogP contribution in [0.1, 0.15) is 24.8 Å². The number of nitrogens with zero attached hydrogens (tertiary/aromatic N) is 3. The van der Waals surface area contributed by atoms with Crippen LogP contribution >= 0.6 is 0 Å². The van der Waals surface area contributed by atoms with Crippen molar-refractivity contribution in [2.24, 2.45) is 5.92 Å². The zero-order chi connectivity index (χ0) is 18.6. The molecule has 2 aliphatic heterocycles. The van der Waals surface area contributed by atoms with E-state index in [0.717, 1.165) is 25.9 Å². The fourth-order valence-corrected chi connectivity index (χ4v) is 4.97. The van der Waals surface area contributed by atoms with E-state index < -0.39 is 0 Å². The fourth-order valence-electron chi connectivity index (χ4n) is 4.97. The topological polar surface area (TPSA) is 45.7 Å². The molecule has 0 aliphatic carbocycles. The Hall–Kier alpha value is -1.40. The summed E-state index contributed by atoms with van der Waals surface area (Å²) in [5, 5.41) is 10.7. The smallest absolute Gasteiger partial charge is 0.0454 e. The summed E-state index contributed by atoms with van der Waals surface area (Å²) in [6.07, 6.45) is 5.34. The molecule has 2 atom stereocenters. The van der Waals surface area contributed by atoms with E-state index in [4.69, 9.17) is 0 Å². The second kappa shape index (κ2) is 8.74. The molecule has 0 radical (unpaired) electrons. The molecule has 1 aromatic carbocycles. The number of likely N-dealkylation sites (tertiary alicyclic amines) is 1. The van der Waals surface area contributed by atoms with Crippen LogP contribution in [0.5, 0.6) is 0 Å². The minimum absolute atomic E-state index is 0.316. The number of hydrogen-bond donors (Lipinski definition) is 2. The Kier molecular flexibility index (Phi) is 6.13. The van der Waals surface area contributed by atoms with E-state index in [1.807, 2.05) is 6.20 Å². The third-order valence-electron chi connectivity index (χ3n) is 6.54. The predicted octanol–water partition coefficient (Wildman–Crippen LogP) is 2.38. The van der Waals surface area contributed by atoms with E-state index in [1.165, 1.54) is 55.6 Å². The molecule has 0 amide bonds. The highest BCUT2D eigenvalue weighted by Gasteiger charge is 2.33. The summed E-state index contributed by atoms with van der Waals surface area (Å²) in [5.41, 5.74) is 2.62. The van der Waals surface area contributed by atoms with Crippen molar-refractivity contribution in [1.82, 2.24) is 19.7 Å². The minimum atomic E-state index is 0.316. The normalized spacial score (nSPS) is 26.0. The van der Waals surface area contributed by atoms with Gasteiger partial charge < -0.3 is 15.0 Å². The molecular formula is C22H34N4O. The lowest BCUT2D eigenvalue weighted by Gasteiger charge is -2.46. The number of aromatic nitrogens is 1. The molecule has 2 N–H and O–H groups in total. The molecule has 0 saturated carbocycles. The maximum absolute atomic E-state index is 9.37. The molecule has 5 nitrogen and oxygen atoms in total.